The van der Waals surface area contributed by atoms with Crippen molar-refractivity contribution in [3.63, 3.8) is 0 Å². The van der Waals surface area contributed by atoms with Gasteiger partial charge in [-0.25, -0.2) is 8.78 Å². The number of alkyl halides is 2. The molecule has 9 heteroatoms. The summed E-state index contributed by atoms with van der Waals surface area (Å²) in [6, 6.07) is 3.55. The van der Waals surface area contributed by atoms with Crippen LogP contribution in [-0.4, -0.2) is 53.7 Å². The number of halogens is 2. The van der Waals surface area contributed by atoms with E-state index >= 15 is 0 Å². The van der Waals surface area contributed by atoms with Crippen molar-refractivity contribution < 1.29 is 23.2 Å². The van der Waals surface area contributed by atoms with Gasteiger partial charge < -0.3 is 15.5 Å². The van der Waals surface area contributed by atoms with Crippen molar-refractivity contribution in [1.29, 1.82) is 0 Å². The Morgan fingerprint density at radius 2 is 2.07 bits per heavy atom. The second-order valence-electron chi connectivity index (χ2n) is 7.49. The summed E-state index contributed by atoms with van der Waals surface area (Å²) in [4.78, 5) is 37.8. The highest BCUT2D eigenvalue weighted by atomic mass is 19.3. The number of hydrogen-bond acceptors (Lipinski definition) is 5. The second-order valence-corrected chi connectivity index (χ2v) is 7.49. The summed E-state index contributed by atoms with van der Waals surface area (Å²) in [6.45, 7) is 0.921. The van der Waals surface area contributed by atoms with Crippen LogP contribution >= 0.6 is 0 Å². The zero-order valence-electron chi connectivity index (χ0n) is 15.3. The van der Waals surface area contributed by atoms with Crippen LogP contribution in [0.4, 0.5) is 8.78 Å². The Kier molecular flexibility index (Phi) is 4.88. The number of fused-ring (bicyclic) bond motifs is 1. The fourth-order valence-electron chi connectivity index (χ4n) is 4.10. The lowest BCUT2D eigenvalue weighted by Crippen LogP contribution is -2.55. The number of carbonyl (C=O) groups is 3. The van der Waals surface area contributed by atoms with Gasteiger partial charge in [-0.1, -0.05) is 12.1 Å². The molecule has 1 aromatic rings. The van der Waals surface area contributed by atoms with Gasteiger partial charge in [0, 0.05) is 44.6 Å². The van der Waals surface area contributed by atoms with Crippen LogP contribution < -0.4 is 16.0 Å². The molecule has 2 fully saturated rings. The van der Waals surface area contributed by atoms with E-state index < -0.39 is 23.9 Å². The molecule has 28 heavy (non-hydrogen) atoms. The summed E-state index contributed by atoms with van der Waals surface area (Å²) < 4.78 is 28.1. The standard InChI is InChI=1S/C19H22F2N4O3/c20-19(21)6-7-22-9-15(19)23-8-11-2-1-3-12-13(11)10-25(18(12)28)14-4-5-16(26)24-17(14)27/h1-3,14-15,22-23H,4-10H2,(H,24,26,27). The second kappa shape index (κ2) is 7.21. The summed E-state index contributed by atoms with van der Waals surface area (Å²) in [5.41, 5.74) is 2.00. The molecule has 4 rings (SSSR count). The molecule has 0 radical (unpaired) electrons. The molecule has 1 aromatic carbocycles. The SMILES string of the molecule is O=C1CCC(N2Cc3c(CNC4CNCCC4(F)F)cccc3C2=O)C(=O)N1. The van der Waals surface area contributed by atoms with Crippen molar-refractivity contribution in [2.75, 3.05) is 13.1 Å². The van der Waals surface area contributed by atoms with Gasteiger partial charge in [0.1, 0.15) is 6.04 Å². The molecule has 3 heterocycles. The molecule has 3 amide bonds. The molecule has 0 aromatic heterocycles. The van der Waals surface area contributed by atoms with Crippen molar-refractivity contribution in [2.45, 2.75) is 50.4 Å². The highest BCUT2D eigenvalue weighted by Gasteiger charge is 2.42. The van der Waals surface area contributed by atoms with E-state index in [4.69, 9.17) is 0 Å². The van der Waals surface area contributed by atoms with Gasteiger partial charge in [-0.3, -0.25) is 19.7 Å². The average molecular weight is 392 g/mol. The van der Waals surface area contributed by atoms with E-state index in [1.165, 1.54) is 4.90 Å². The molecule has 0 bridgehead atoms. The molecule has 3 N–H and O–H groups in total. The number of rotatable bonds is 4. The maximum absolute atomic E-state index is 14.1. The number of nitrogens with one attached hydrogen (secondary N) is 3. The summed E-state index contributed by atoms with van der Waals surface area (Å²) in [7, 11) is 0. The van der Waals surface area contributed by atoms with Crippen molar-refractivity contribution >= 4 is 17.7 Å². The fourth-order valence-corrected chi connectivity index (χ4v) is 4.10. The monoisotopic (exact) mass is 392 g/mol. The fraction of sp³-hybridized carbons (Fsp3) is 0.526. The summed E-state index contributed by atoms with van der Waals surface area (Å²) in [5, 5.41) is 8.15. The van der Waals surface area contributed by atoms with E-state index in [-0.39, 0.29) is 50.7 Å². The van der Waals surface area contributed by atoms with E-state index in [2.05, 4.69) is 16.0 Å². The zero-order valence-corrected chi connectivity index (χ0v) is 15.3. The Morgan fingerprint density at radius 3 is 2.82 bits per heavy atom. The number of amides is 3. The summed E-state index contributed by atoms with van der Waals surface area (Å²) in [6.07, 6.45) is 0.270. The molecule has 3 aliphatic rings. The molecule has 2 atom stereocenters. The minimum absolute atomic E-state index is 0.184. The highest BCUT2D eigenvalue weighted by Crippen LogP contribution is 2.30. The first kappa shape index (κ1) is 18.9. The zero-order chi connectivity index (χ0) is 19.9. The topological polar surface area (TPSA) is 90.5 Å². The van der Waals surface area contributed by atoms with Crippen LogP contribution in [0.1, 0.15) is 40.7 Å². The number of nitrogens with zero attached hydrogens (tertiary/aromatic N) is 1. The number of benzene rings is 1. The predicted molar refractivity (Wildman–Crippen MR) is 95.5 cm³/mol. The molecule has 2 saturated heterocycles. The van der Waals surface area contributed by atoms with E-state index in [1.807, 2.05) is 6.07 Å². The molecule has 7 nitrogen and oxygen atoms in total. The van der Waals surface area contributed by atoms with Gasteiger partial charge >= 0.3 is 0 Å². The Morgan fingerprint density at radius 1 is 1.25 bits per heavy atom. The molecule has 0 spiro atoms. The lowest BCUT2D eigenvalue weighted by atomic mass is 10.00. The Hall–Kier alpha value is -2.39. The normalized spacial score (nSPS) is 26.9. The third-order valence-corrected chi connectivity index (χ3v) is 5.71. The first-order valence-electron chi connectivity index (χ1n) is 9.44. The maximum Gasteiger partial charge on any atom is 0.265 e. The van der Waals surface area contributed by atoms with Crippen LogP contribution in [-0.2, 0) is 22.7 Å². The molecule has 150 valence electrons. The van der Waals surface area contributed by atoms with Crippen molar-refractivity contribution in [3.05, 3.63) is 34.9 Å². The van der Waals surface area contributed by atoms with E-state index in [1.54, 1.807) is 12.1 Å². The van der Waals surface area contributed by atoms with E-state index in [9.17, 15) is 23.2 Å². The van der Waals surface area contributed by atoms with Gasteiger partial charge in [0.2, 0.25) is 11.8 Å². The highest BCUT2D eigenvalue weighted by molar-refractivity contribution is 6.05. The molecule has 2 unspecified atom stereocenters. The van der Waals surface area contributed by atoms with Crippen LogP contribution in [0.2, 0.25) is 0 Å². The van der Waals surface area contributed by atoms with E-state index in [0.717, 1.165) is 11.1 Å². The molecule has 0 saturated carbocycles. The van der Waals surface area contributed by atoms with Crippen LogP contribution in [0.15, 0.2) is 18.2 Å². The van der Waals surface area contributed by atoms with Crippen molar-refractivity contribution in [1.82, 2.24) is 20.9 Å². The van der Waals surface area contributed by atoms with Gasteiger partial charge in [-0.15, -0.1) is 0 Å². The van der Waals surface area contributed by atoms with Crippen molar-refractivity contribution in [3.8, 4) is 0 Å². The van der Waals surface area contributed by atoms with Gasteiger partial charge in [0.25, 0.3) is 11.8 Å². The molecule has 0 aliphatic carbocycles. The predicted octanol–water partition coefficient (Wildman–Crippen LogP) is 0.534. The van der Waals surface area contributed by atoms with Gasteiger partial charge in [-0.05, 0) is 23.6 Å². The van der Waals surface area contributed by atoms with Gasteiger partial charge in [-0.2, -0.15) is 0 Å². The third-order valence-electron chi connectivity index (χ3n) is 5.71. The smallest absolute Gasteiger partial charge is 0.265 e. The van der Waals surface area contributed by atoms with Crippen LogP contribution in [0, 0.1) is 0 Å². The van der Waals surface area contributed by atoms with Crippen LogP contribution in [0.3, 0.4) is 0 Å². The Balaban J connectivity index is 1.50. The third kappa shape index (κ3) is 3.40. The average Bonchev–Trinajstić information content (AvgIpc) is 2.98. The lowest BCUT2D eigenvalue weighted by molar-refractivity contribution is -0.136. The minimum Gasteiger partial charge on any atom is -0.322 e. The molecular formula is C19H22F2N4O3. The van der Waals surface area contributed by atoms with Crippen LogP contribution in [0.25, 0.3) is 0 Å². The number of imide groups is 1. The van der Waals surface area contributed by atoms with Crippen LogP contribution in [0.5, 0.6) is 0 Å². The van der Waals surface area contributed by atoms with Crippen molar-refractivity contribution in [2.24, 2.45) is 0 Å². The lowest BCUT2D eigenvalue weighted by Gasteiger charge is -2.32. The first-order valence-corrected chi connectivity index (χ1v) is 9.44. The Bertz CT molecular complexity index is 829. The summed E-state index contributed by atoms with van der Waals surface area (Å²) >= 11 is 0. The van der Waals surface area contributed by atoms with Gasteiger partial charge in [0.05, 0.1) is 6.04 Å². The Labute approximate surface area is 160 Å². The number of piperidine rings is 2. The summed E-state index contributed by atoms with van der Waals surface area (Å²) in [5.74, 6) is -3.85. The quantitative estimate of drug-likeness (QED) is 0.651. The number of carbonyl (C=O) groups excluding carboxylic acids is 3. The van der Waals surface area contributed by atoms with E-state index in [0.29, 0.717) is 12.1 Å². The molecule has 3 aliphatic heterocycles. The molecular weight excluding hydrogens is 370 g/mol. The first-order chi connectivity index (χ1) is 13.4. The number of hydrogen-bond donors (Lipinski definition) is 3. The largest absolute Gasteiger partial charge is 0.322 e. The maximum atomic E-state index is 14.1. The minimum atomic E-state index is -2.78. The van der Waals surface area contributed by atoms with Gasteiger partial charge in [0.15, 0.2) is 0 Å².